The minimum absolute atomic E-state index is 0.0372. The predicted octanol–water partition coefficient (Wildman–Crippen LogP) is 11.6. The molecule has 0 N–H and O–H groups in total. The lowest BCUT2D eigenvalue weighted by Gasteiger charge is -2.43. The smallest absolute Gasteiger partial charge is 0.192 e. The maximum Gasteiger partial charge on any atom is 0.192 e. The fourth-order valence-corrected chi connectivity index (χ4v) is 7.70. The molecule has 3 aromatic rings. The second-order valence-electron chi connectivity index (χ2n) is 15.4. The molecule has 0 heterocycles. The quantitative estimate of drug-likeness (QED) is 0.162. The van der Waals surface area contributed by atoms with Crippen LogP contribution in [0.5, 0.6) is 0 Å². The summed E-state index contributed by atoms with van der Waals surface area (Å²) in [5.74, 6) is 0.101. The number of rotatable bonds is 11. The standard InChI is InChI=1S/C40H58O2Si/c1-14-40(15-2,35-23-24-36(29(4)27-35)33-18-16-32(17-19-33)30(5)41)34-22-20-31(28(3)26-34)21-25-37(38(6,7)8)42-43(12,13)39(9,10)11/h16-20,22-24,26-27,37H,14-15,21,25H2,1-13H3. The highest BCUT2D eigenvalue weighted by atomic mass is 28.4. The number of carbonyl (C=O) groups is 1. The summed E-state index contributed by atoms with van der Waals surface area (Å²) >= 11 is 0. The van der Waals surface area contributed by atoms with E-state index in [1.165, 1.54) is 33.4 Å². The summed E-state index contributed by atoms with van der Waals surface area (Å²) in [5, 5.41) is 0.203. The zero-order chi connectivity index (χ0) is 32.4. The van der Waals surface area contributed by atoms with Crippen LogP contribution in [0.4, 0.5) is 0 Å². The van der Waals surface area contributed by atoms with E-state index in [0.29, 0.717) is 0 Å². The second-order valence-corrected chi connectivity index (χ2v) is 20.1. The summed E-state index contributed by atoms with van der Waals surface area (Å²) in [7, 11) is -1.86. The highest BCUT2D eigenvalue weighted by molar-refractivity contribution is 6.74. The number of carbonyl (C=O) groups excluding carboxylic acids is 1. The van der Waals surface area contributed by atoms with Gasteiger partial charge >= 0.3 is 0 Å². The van der Waals surface area contributed by atoms with Crippen molar-refractivity contribution in [1.82, 2.24) is 0 Å². The Bertz CT molecular complexity index is 1400. The lowest BCUT2D eigenvalue weighted by Crippen LogP contribution is -2.47. The summed E-state index contributed by atoms with van der Waals surface area (Å²) in [5.41, 5.74) is 10.0. The molecule has 0 aliphatic carbocycles. The Morgan fingerprint density at radius 1 is 0.791 bits per heavy atom. The molecule has 0 amide bonds. The third-order valence-electron chi connectivity index (χ3n) is 10.4. The number of hydrogen-bond acceptors (Lipinski definition) is 2. The Morgan fingerprint density at radius 3 is 1.77 bits per heavy atom. The Morgan fingerprint density at radius 2 is 1.33 bits per heavy atom. The molecular weight excluding hydrogens is 541 g/mol. The van der Waals surface area contributed by atoms with Crippen molar-refractivity contribution >= 4 is 14.1 Å². The van der Waals surface area contributed by atoms with Crippen LogP contribution in [0.15, 0.2) is 60.7 Å². The average Bonchev–Trinajstić information content (AvgIpc) is 2.91. The molecule has 0 aliphatic rings. The second kappa shape index (κ2) is 13.2. The van der Waals surface area contributed by atoms with E-state index in [4.69, 9.17) is 4.43 Å². The van der Waals surface area contributed by atoms with Gasteiger partial charge in [0.1, 0.15) is 0 Å². The fraction of sp³-hybridized carbons (Fsp3) is 0.525. The third kappa shape index (κ3) is 7.78. The normalized spacial score (nSPS) is 13.7. The van der Waals surface area contributed by atoms with Crippen molar-refractivity contribution in [2.45, 2.75) is 131 Å². The van der Waals surface area contributed by atoms with E-state index in [2.05, 4.69) is 131 Å². The van der Waals surface area contributed by atoms with Gasteiger partial charge < -0.3 is 4.43 Å². The topological polar surface area (TPSA) is 26.3 Å². The van der Waals surface area contributed by atoms with Gasteiger partial charge in [-0.3, -0.25) is 4.79 Å². The average molecular weight is 599 g/mol. The number of ketones is 1. The summed E-state index contributed by atoms with van der Waals surface area (Å²) < 4.78 is 6.99. The van der Waals surface area contributed by atoms with E-state index in [-0.39, 0.29) is 27.8 Å². The minimum Gasteiger partial charge on any atom is -0.413 e. The lowest BCUT2D eigenvalue weighted by molar-refractivity contribution is 0.0657. The number of Topliss-reactive ketones (excluding diaryl/α,β-unsaturated/α-hetero) is 1. The van der Waals surface area contributed by atoms with Crippen LogP contribution in [0.1, 0.15) is 120 Å². The number of benzene rings is 3. The molecule has 43 heavy (non-hydrogen) atoms. The molecule has 0 bridgehead atoms. The third-order valence-corrected chi connectivity index (χ3v) is 14.9. The van der Waals surface area contributed by atoms with Crippen LogP contribution >= 0.6 is 0 Å². The van der Waals surface area contributed by atoms with Crippen LogP contribution < -0.4 is 0 Å². The molecule has 1 atom stereocenters. The van der Waals surface area contributed by atoms with Crippen LogP contribution in [-0.2, 0) is 16.3 Å². The molecule has 0 aromatic heterocycles. The Labute approximate surface area is 264 Å². The molecule has 0 fully saturated rings. The van der Waals surface area contributed by atoms with Crippen LogP contribution in [0.3, 0.4) is 0 Å². The van der Waals surface area contributed by atoms with Gasteiger partial charge in [-0.1, -0.05) is 116 Å². The SMILES string of the molecule is CCC(CC)(c1ccc(CCC(O[Si](C)(C)C(C)(C)C)C(C)(C)C)c(C)c1)c1ccc(-c2ccc(C(C)=O)cc2)c(C)c1. The van der Waals surface area contributed by atoms with Crippen molar-refractivity contribution in [3.05, 3.63) is 94.0 Å². The molecule has 0 aliphatic heterocycles. The highest BCUT2D eigenvalue weighted by Crippen LogP contribution is 2.43. The number of hydrogen-bond donors (Lipinski definition) is 0. The lowest BCUT2D eigenvalue weighted by atomic mass is 9.69. The van der Waals surface area contributed by atoms with Gasteiger partial charge in [0, 0.05) is 11.0 Å². The van der Waals surface area contributed by atoms with E-state index >= 15 is 0 Å². The minimum atomic E-state index is -1.86. The van der Waals surface area contributed by atoms with E-state index in [0.717, 1.165) is 36.8 Å². The van der Waals surface area contributed by atoms with Crippen molar-refractivity contribution in [2.75, 3.05) is 0 Å². The maximum atomic E-state index is 11.7. The molecular formula is C40H58O2Si. The van der Waals surface area contributed by atoms with Crippen LogP contribution in [0.2, 0.25) is 18.1 Å². The summed E-state index contributed by atoms with van der Waals surface area (Å²) in [6.45, 7) is 29.5. The van der Waals surface area contributed by atoms with E-state index in [9.17, 15) is 4.79 Å². The van der Waals surface area contributed by atoms with Gasteiger partial charge in [-0.05, 0) is 109 Å². The molecule has 0 spiro atoms. The summed E-state index contributed by atoms with van der Waals surface area (Å²) in [4.78, 5) is 11.7. The molecule has 0 saturated carbocycles. The molecule has 2 nitrogen and oxygen atoms in total. The maximum absolute atomic E-state index is 11.7. The molecule has 0 saturated heterocycles. The summed E-state index contributed by atoms with van der Waals surface area (Å²) in [6.07, 6.45) is 4.39. The Kier molecular flexibility index (Phi) is 10.8. The molecule has 234 valence electrons. The van der Waals surface area contributed by atoms with Gasteiger partial charge in [-0.15, -0.1) is 0 Å². The van der Waals surface area contributed by atoms with Gasteiger partial charge in [0.15, 0.2) is 14.1 Å². The van der Waals surface area contributed by atoms with Gasteiger partial charge in [0.25, 0.3) is 0 Å². The first-order chi connectivity index (χ1) is 19.9. The first kappa shape index (κ1) is 35.0. The number of aryl methyl sites for hydroxylation is 3. The Balaban J connectivity index is 1.90. The predicted molar refractivity (Wildman–Crippen MR) is 189 cm³/mol. The van der Waals surface area contributed by atoms with E-state index < -0.39 is 8.32 Å². The van der Waals surface area contributed by atoms with Gasteiger partial charge in [-0.2, -0.15) is 0 Å². The molecule has 3 heteroatoms. The first-order valence-corrected chi connectivity index (χ1v) is 19.3. The van der Waals surface area contributed by atoms with Gasteiger partial charge in [0.2, 0.25) is 0 Å². The van der Waals surface area contributed by atoms with E-state index in [1.807, 2.05) is 12.1 Å². The molecule has 1 unspecified atom stereocenters. The first-order valence-electron chi connectivity index (χ1n) is 16.4. The van der Waals surface area contributed by atoms with Crippen molar-refractivity contribution in [3.63, 3.8) is 0 Å². The van der Waals surface area contributed by atoms with Gasteiger partial charge in [-0.25, -0.2) is 0 Å². The van der Waals surface area contributed by atoms with Crippen molar-refractivity contribution < 1.29 is 9.22 Å². The largest absolute Gasteiger partial charge is 0.413 e. The van der Waals surface area contributed by atoms with E-state index in [1.54, 1.807) is 6.92 Å². The monoisotopic (exact) mass is 598 g/mol. The van der Waals surface area contributed by atoms with Crippen molar-refractivity contribution in [3.8, 4) is 11.1 Å². The fourth-order valence-electron chi connectivity index (χ4n) is 6.16. The van der Waals surface area contributed by atoms with Crippen LogP contribution in [-0.4, -0.2) is 20.2 Å². The van der Waals surface area contributed by atoms with Gasteiger partial charge in [0.05, 0.1) is 6.10 Å². The Hall–Kier alpha value is -2.49. The molecule has 3 rings (SSSR count). The zero-order valence-corrected chi connectivity index (χ0v) is 30.5. The molecule has 3 aromatic carbocycles. The van der Waals surface area contributed by atoms with Crippen LogP contribution in [0, 0.1) is 19.3 Å². The molecule has 0 radical (unpaired) electrons. The van der Waals surface area contributed by atoms with Crippen LogP contribution in [0.25, 0.3) is 11.1 Å². The summed E-state index contributed by atoms with van der Waals surface area (Å²) in [6, 6.07) is 22.2. The zero-order valence-electron chi connectivity index (χ0n) is 29.5. The van der Waals surface area contributed by atoms with Crippen molar-refractivity contribution in [1.29, 1.82) is 0 Å². The van der Waals surface area contributed by atoms with Crippen molar-refractivity contribution in [2.24, 2.45) is 5.41 Å². The highest BCUT2D eigenvalue weighted by Gasteiger charge is 2.41.